The minimum absolute atomic E-state index is 0.0218. The van der Waals surface area contributed by atoms with E-state index in [1.807, 2.05) is 4.90 Å². The molecule has 1 spiro atoms. The lowest BCUT2D eigenvalue weighted by atomic mass is 9.79. The second-order valence-corrected chi connectivity index (χ2v) is 11.4. The van der Waals surface area contributed by atoms with Crippen LogP contribution in [0, 0.1) is 0 Å². The average molecular weight is 491 g/mol. The third kappa shape index (κ3) is 4.46. The van der Waals surface area contributed by atoms with Gasteiger partial charge in [0.25, 0.3) is 0 Å². The number of amides is 2. The first-order valence-electron chi connectivity index (χ1n) is 12.3. The first kappa shape index (κ1) is 23.6. The fourth-order valence-electron chi connectivity index (χ4n) is 5.70. The van der Waals surface area contributed by atoms with Crippen molar-refractivity contribution in [3.05, 3.63) is 83.4 Å². The Balaban J connectivity index is 1.40. The molecular weight excluding hydrogens is 458 g/mol. The maximum absolute atomic E-state index is 13.3. The molecule has 1 heterocycles. The summed E-state index contributed by atoms with van der Waals surface area (Å²) < 4.78 is 23.2. The van der Waals surface area contributed by atoms with Gasteiger partial charge in [-0.25, -0.2) is 9.93 Å². The lowest BCUT2D eigenvalue weighted by Crippen LogP contribution is -2.56. The molecule has 7 heteroatoms. The lowest BCUT2D eigenvalue weighted by molar-refractivity contribution is -0.164. The highest BCUT2D eigenvalue weighted by molar-refractivity contribution is 7.84. The van der Waals surface area contributed by atoms with E-state index >= 15 is 0 Å². The number of hydrogen-bond donors (Lipinski definition) is 2. The van der Waals surface area contributed by atoms with E-state index < -0.39 is 10.0 Å². The number of carbonyl (C=O) groups excluding carboxylic acids is 1. The number of anilines is 1. The fourth-order valence-corrected chi connectivity index (χ4v) is 6.25. The zero-order chi connectivity index (χ0) is 24.6. The summed E-state index contributed by atoms with van der Waals surface area (Å²) in [5, 5.41) is 6.22. The van der Waals surface area contributed by atoms with Gasteiger partial charge < -0.3 is 5.32 Å². The Labute approximate surface area is 207 Å². The number of urea groups is 1. The van der Waals surface area contributed by atoms with Gasteiger partial charge in [0.05, 0.1) is 0 Å². The lowest BCUT2D eigenvalue weighted by Gasteiger charge is -2.25. The number of rotatable bonds is 5. The van der Waals surface area contributed by atoms with Crippen LogP contribution < -0.4 is 15.4 Å². The van der Waals surface area contributed by atoms with Crippen molar-refractivity contribution in [1.29, 1.82) is 0 Å². The maximum Gasteiger partial charge on any atom is 0.322 e. The van der Waals surface area contributed by atoms with Gasteiger partial charge in [0, 0.05) is 24.2 Å². The number of hydrogen-bond acceptors (Lipinski definition) is 3. The molecule has 0 aromatic heterocycles. The van der Waals surface area contributed by atoms with Crippen molar-refractivity contribution in [2.45, 2.75) is 55.9 Å². The van der Waals surface area contributed by atoms with E-state index in [0.717, 1.165) is 30.5 Å². The highest BCUT2D eigenvalue weighted by Gasteiger charge is 2.46. The number of quaternary nitrogens is 1. The SMILES string of the molecule is CCc1ccccc1-c1ccc2c(c1)C1(CCCC1)CN2C(=O)NCc1ccc(S([NH3+])(=O)=O)cc1. The molecule has 5 rings (SSSR count). The Morgan fingerprint density at radius 3 is 2.43 bits per heavy atom. The van der Waals surface area contributed by atoms with Gasteiger partial charge in [0.1, 0.15) is 4.90 Å². The number of aryl methyl sites for hydroxylation is 1. The average Bonchev–Trinajstić information content (AvgIpc) is 3.47. The molecule has 1 aliphatic carbocycles. The van der Waals surface area contributed by atoms with Gasteiger partial charge in [-0.15, -0.1) is 0 Å². The molecule has 0 saturated heterocycles. The van der Waals surface area contributed by atoms with Crippen LogP contribution in [-0.4, -0.2) is 21.0 Å². The summed E-state index contributed by atoms with van der Waals surface area (Å²) in [4.78, 5) is 15.4. The molecule has 0 unspecified atom stereocenters. The van der Waals surface area contributed by atoms with Crippen LogP contribution in [-0.2, 0) is 28.4 Å². The molecule has 4 N–H and O–H groups in total. The largest absolute Gasteiger partial charge is 0.334 e. The van der Waals surface area contributed by atoms with E-state index in [1.54, 1.807) is 12.1 Å². The van der Waals surface area contributed by atoms with E-state index in [1.165, 1.54) is 47.2 Å². The summed E-state index contributed by atoms with van der Waals surface area (Å²) in [5.74, 6) is 0. The molecule has 2 aliphatic rings. The van der Waals surface area contributed by atoms with E-state index in [-0.39, 0.29) is 16.3 Å². The van der Waals surface area contributed by atoms with Gasteiger partial charge in [0.15, 0.2) is 0 Å². The number of fused-ring (bicyclic) bond motifs is 2. The van der Waals surface area contributed by atoms with Crippen LogP contribution in [0.5, 0.6) is 0 Å². The standard InChI is InChI=1S/C28H31N3O3S/c1-2-21-7-3-4-8-24(21)22-11-14-26-25(17-22)28(15-5-6-16-28)19-31(26)27(32)30-18-20-9-12-23(13-10-20)35(29,33)34/h3-4,7-14,17H,2,5-6,15-16,18-19H2,1H3,(H,30,32)(H2,29,33,34)/p+1. The Morgan fingerprint density at radius 2 is 1.74 bits per heavy atom. The fraction of sp³-hybridized carbons (Fsp3) is 0.321. The highest BCUT2D eigenvalue weighted by atomic mass is 32.2. The molecular formula is C28H32N3O3S+. The molecule has 1 fully saturated rings. The van der Waals surface area contributed by atoms with Crippen molar-refractivity contribution < 1.29 is 18.4 Å². The molecule has 182 valence electrons. The van der Waals surface area contributed by atoms with Crippen molar-refractivity contribution in [3.8, 4) is 11.1 Å². The molecule has 6 nitrogen and oxygen atoms in total. The predicted molar refractivity (Wildman–Crippen MR) is 137 cm³/mol. The number of sulfonamides is 1. The van der Waals surface area contributed by atoms with E-state index in [2.05, 4.69) is 59.8 Å². The van der Waals surface area contributed by atoms with Crippen molar-refractivity contribution in [2.75, 3.05) is 11.4 Å². The first-order chi connectivity index (χ1) is 16.8. The number of nitrogens with one attached hydrogen (secondary N) is 1. The Bertz CT molecular complexity index is 1360. The zero-order valence-electron chi connectivity index (χ0n) is 20.1. The van der Waals surface area contributed by atoms with Crippen molar-refractivity contribution in [2.24, 2.45) is 0 Å². The van der Waals surface area contributed by atoms with E-state index in [0.29, 0.717) is 13.1 Å². The number of nitrogens with zero attached hydrogens (tertiary/aromatic N) is 1. The van der Waals surface area contributed by atoms with Gasteiger partial charge in [-0.05, 0) is 71.3 Å². The first-order valence-corrected chi connectivity index (χ1v) is 13.9. The molecule has 3 aromatic carbocycles. The van der Waals surface area contributed by atoms with Crippen molar-refractivity contribution in [3.63, 3.8) is 0 Å². The predicted octanol–water partition coefficient (Wildman–Crippen LogP) is 4.39. The molecule has 1 aliphatic heterocycles. The van der Waals surface area contributed by atoms with Crippen LogP contribution in [0.1, 0.15) is 49.3 Å². The molecule has 0 radical (unpaired) electrons. The number of benzene rings is 3. The quantitative estimate of drug-likeness (QED) is 0.555. The summed E-state index contributed by atoms with van der Waals surface area (Å²) in [6.07, 6.45) is 5.56. The summed E-state index contributed by atoms with van der Waals surface area (Å²) >= 11 is 0. The van der Waals surface area contributed by atoms with Crippen LogP contribution in [0.2, 0.25) is 0 Å². The maximum atomic E-state index is 13.3. The Morgan fingerprint density at radius 1 is 1.03 bits per heavy atom. The van der Waals surface area contributed by atoms with Crippen molar-refractivity contribution in [1.82, 2.24) is 5.32 Å². The molecule has 2 amide bonds. The second kappa shape index (κ2) is 9.13. The smallest absolute Gasteiger partial charge is 0.322 e. The topological polar surface area (TPSA) is 94.1 Å². The minimum atomic E-state index is -3.48. The third-order valence-corrected chi connectivity index (χ3v) is 8.55. The van der Waals surface area contributed by atoms with Crippen LogP contribution in [0.4, 0.5) is 10.5 Å². The zero-order valence-corrected chi connectivity index (χ0v) is 20.9. The van der Waals surface area contributed by atoms with Crippen molar-refractivity contribution >= 4 is 21.7 Å². The van der Waals surface area contributed by atoms with Gasteiger partial charge in [-0.3, -0.25) is 4.90 Å². The van der Waals surface area contributed by atoms with Crippen LogP contribution in [0.3, 0.4) is 0 Å². The van der Waals surface area contributed by atoms with Crippen LogP contribution in [0.25, 0.3) is 11.1 Å². The normalized spacial score (nSPS) is 16.5. The van der Waals surface area contributed by atoms with Gasteiger partial charge in [-0.2, -0.15) is 8.42 Å². The van der Waals surface area contributed by atoms with Crippen LogP contribution in [0.15, 0.2) is 71.6 Å². The molecule has 0 bridgehead atoms. The number of carbonyl (C=O) groups is 1. The highest BCUT2D eigenvalue weighted by Crippen LogP contribution is 2.51. The Kier molecular flexibility index (Phi) is 6.15. The molecule has 1 saturated carbocycles. The molecule has 3 aromatic rings. The minimum Gasteiger partial charge on any atom is -0.334 e. The summed E-state index contributed by atoms with van der Waals surface area (Å²) in [5.41, 5.74) is 6.97. The van der Waals surface area contributed by atoms with Gasteiger partial charge in [-0.1, -0.05) is 62.2 Å². The monoisotopic (exact) mass is 490 g/mol. The second-order valence-electron chi connectivity index (χ2n) is 9.73. The summed E-state index contributed by atoms with van der Waals surface area (Å²) in [6.45, 7) is 3.21. The Hall–Kier alpha value is -3.16. The van der Waals surface area contributed by atoms with Crippen LogP contribution >= 0.6 is 0 Å². The summed E-state index contributed by atoms with van der Waals surface area (Å²) in [7, 11) is -3.48. The van der Waals surface area contributed by atoms with E-state index in [9.17, 15) is 13.2 Å². The van der Waals surface area contributed by atoms with Gasteiger partial charge >= 0.3 is 16.1 Å². The van der Waals surface area contributed by atoms with E-state index in [4.69, 9.17) is 0 Å². The summed E-state index contributed by atoms with van der Waals surface area (Å²) in [6, 6.07) is 21.5. The molecule has 35 heavy (non-hydrogen) atoms. The third-order valence-electron chi connectivity index (χ3n) is 7.56. The molecule has 0 atom stereocenters. The van der Waals surface area contributed by atoms with Gasteiger partial charge in [0.2, 0.25) is 0 Å².